The first-order valence-electron chi connectivity index (χ1n) is 12.4. The predicted octanol–water partition coefficient (Wildman–Crippen LogP) is 4.51. The van der Waals surface area contributed by atoms with Crippen LogP contribution in [-0.4, -0.2) is 49.2 Å². The number of aryl methyl sites for hydroxylation is 1. The fourth-order valence-electron chi connectivity index (χ4n) is 5.82. The monoisotopic (exact) mass is 427 g/mol. The molecule has 166 valence electrons. The van der Waals surface area contributed by atoms with Crippen LogP contribution in [0.3, 0.4) is 0 Å². The fourth-order valence-corrected chi connectivity index (χ4v) is 5.82. The zero-order chi connectivity index (χ0) is 21.5. The van der Waals surface area contributed by atoms with E-state index >= 15 is 0 Å². The molecule has 3 aliphatic heterocycles. The third kappa shape index (κ3) is 3.62. The number of hydrogen-bond acceptors (Lipinski definition) is 5. The van der Waals surface area contributed by atoms with Crippen molar-refractivity contribution < 1.29 is 0 Å². The van der Waals surface area contributed by atoms with Gasteiger partial charge in [-0.1, -0.05) is 19.1 Å². The highest BCUT2D eigenvalue weighted by Crippen LogP contribution is 2.37. The van der Waals surface area contributed by atoms with Gasteiger partial charge in [-0.2, -0.15) is 0 Å². The van der Waals surface area contributed by atoms with Crippen LogP contribution in [0.25, 0.3) is 22.2 Å². The van der Waals surface area contributed by atoms with Crippen LogP contribution in [0.4, 0.5) is 11.5 Å². The second-order valence-electron chi connectivity index (χ2n) is 9.75. The van der Waals surface area contributed by atoms with Gasteiger partial charge in [0.25, 0.3) is 0 Å². The Morgan fingerprint density at radius 1 is 1.00 bits per heavy atom. The van der Waals surface area contributed by atoms with Crippen LogP contribution in [0, 0.1) is 11.8 Å². The molecule has 3 saturated heterocycles. The van der Waals surface area contributed by atoms with Crippen LogP contribution in [0.5, 0.6) is 0 Å². The SMILES string of the molecule is CCc1ccc2c(N3CC4CCNCC4C3)cc(-c3ccc(N4CCCC4)nc3)nc2c1. The number of hydrogen-bond donors (Lipinski definition) is 1. The lowest BCUT2D eigenvalue weighted by molar-refractivity contribution is 0.318. The molecule has 2 atom stereocenters. The van der Waals surface area contributed by atoms with Crippen LogP contribution in [-0.2, 0) is 6.42 Å². The Hall–Kier alpha value is -2.66. The van der Waals surface area contributed by atoms with E-state index < -0.39 is 0 Å². The molecule has 0 spiro atoms. The lowest BCUT2D eigenvalue weighted by Crippen LogP contribution is -2.35. The van der Waals surface area contributed by atoms with Crippen LogP contribution < -0.4 is 15.1 Å². The molecule has 5 heteroatoms. The number of rotatable bonds is 4. The summed E-state index contributed by atoms with van der Waals surface area (Å²) in [7, 11) is 0. The summed E-state index contributed by atoms with van der Waals surface area (Å²) in [5, 5.41) is 4.87. The van der Waals surface area contributed by atoms with E-state index in [9.17, 15) is 0 Å². The smallest absolute Gasteiger partial charge is 0.128 e. The van der Waals surface area contributed by atoms with Gasteiger partial charge in [0, 0.05) is 49.0 Å². The molecule has 0 amide bonds. The van der Waals surface area contributed by atoms with Crippen LogP contribution in [0.2, 0.25) is 0 Å². The molecule has 5 nitrogen and oxygen atoms in total. The minimum atomic E-state index is 0.756. The standard InChI is InChI=1S/C27H33N5/c1-2-19-5-7-23-25(13-19)30-24(20-6-8-27(29-16-20)31-11-3-4-12-31)14-26(23)32-17-21-9-10-28-15-22(21)18-32/h5-8,13-14,16,21-22,28H,2-4,9-12,15,17-18H2,1H3. The number of nitrogens with one attached hydrogen (secondary N) is 1. The van der Waals surface area contributed by atoms with Gasteiger partial charge in [-0.3, -0.25) is 0 Å². The molecule has 0 radical (unpaired) electrons. The lowest BCUT2D eigenvalue weighted by Gasteiger charge is -2.23. The van der Waals surface area contributed by atoms with Crippen molar-refractivity contribution in [1.29, 1.82) is 0 Å². The normalized spacial score (nSPS) is 23.2. The Morgan fingerprint density at radius 2 is 1.88 bits per heavy atom. The molecular formula is C27H33N5. The number of nitrogens with zero attached hydrogens (tertiary/aromatic N) is 4. The predicted molar refractivity (Wildman–Crippen MR) is 132 cm³/mol. The van der Waals surface area contributed by atoms with Gasteiger partial charge >= 0.3 is 0 Å². The van der Waals surface area contributed by atoms with E-state index in [0.29, 0.717) is 0 Å². The third-order valence-electron chi connectivity index (χ3n) is 7.75. The van der Waals surface area contributed by atoms with Crippen molar-refractivity contribution in [2.45, 2.75) is 32.6 Å². The van der Waals surface area contributed by atoms with Crippen molar-refractivity contribution in [1.82, 2.24) is 15.3 Å². The van der Waals surface area contributed by atoms with Crippen molar-refractivity contribution in [3.05, 3.63) is 48.2 Å². The topological polar surface area (TPSA) is 44.3 Å². The first-order chi connectivity index (χ1) is 15.8. The van der Waals surface area contributed by atoms with E-state index in [-0.39, 0.29) is 0 Å². The van der Waals surface area contributed by atoms with Gasteiger partial charge in [0.05, 0.1) is 11.2 Å². The van der Waals surface area contributed by atoms with E-state index in [1.54, 1.807) is 0 Å². The largest absolute Gasteiger partial charge is 0.370 e. The van der Waals surface area contributed by atoms with Gasteiger partial charge in [-0.15, -0.1) is 0 Å². The van der Waals surface area contributed by atoms with Crippen LogP contribution in [0.15, 0.2) is 42.6 Å². The lowest BCUT2D eigenvalue weighted by atomic mass is 9.90. The van der Waals surface area contributed by atoms with E-state index in [1.165, 1.54) is 35.9 Å². The summed E-state index contributed by atoms with van der Waals surface area (Å²) in [6, 6.07) is 13.5. The molecular weight excluding hydrogens is 394 g/mol. The van der Waals surface area contributed by atoms with Crippen molar-refractivity contribution in [2.75, 3.05) is 49.1 Å². The summed E-state index contributed by atoms with van der Waals surface area (Å²) in [5.41, 5.74) is 5.93. The first-order valence-corrected chi connectivity index (χ1v) is 12.4. The quantitative estimate of drug-likeness (QED) is 0.664. The maximum atomic E-state index is 5.11. The highest BCUT2D eigenvalue weighted by Gasteiger charge is 2.35. The van der Waals surface area contributed by atoms with Crippen LogP contribution >= 0.6 is 0 Å². The number of fused-ring (bicyclic) bond motifs is 2. The summed E-state index contributed by atoms with van der Waals surface area (Å²) in [5.74, 6) is 2.66. The highest BCUT2D eigenvalue weighted by molar-refractivity contribution is 5.94. The zero-order valence-corrected chi connectivity index (χ0v) is 19.1. The summed E-state index contributed by atoms with van der Waals surface area (Å²) < 4.78 is 0. The highest BCUT2D eigenvalue weighted by atomic mass is 15.2. The van der Waals surface area contributed by atoms with E-state index in [0.717, 1.165) is 80.1 Å². The van der Waals surface area contributed by atoms with Gasteiger partial charge in [-0.05, 0) is 80.4 Å². The Balaban J connectivity index is 1.40. The van der Waals surface area contributed by atoms with Crippen molar-refractivity contribution in [2.24, 2.45) is 11.8 Å². The third-order valence-corrected chi connectivity index (χ3v) is 7.75. The Bertz CT molecular complexity index is 1090. The fraction of sp³-hybridized carbons (Fsp3) is 0.481. The molecule has 5 heterocycles. The molecule has 1 aromatic carbocycles. The molecule has 1 N–H and O–H groups in total. The second kappa shape index (κ2) is 8.36. The zero-order valence-electron chi connectivity index (χ0n) is 19.1. The molecule has 0 bridgehead atoms. The van der Waals surface area contributed by atoms with Gasteiger partial charge < -0.3 is 15.1 Å². The first kappa shape index (κ1) is 20.0. The molecule has 3 fully saturated rings. The van der Waals surface area contributed by atoms with Crippen molar-refractivity contribution >= 4 is 22.4 Å². The van der Waals surface area contributed by atoms with Gasteiger partial charge in [0.1, 0.15) is 5.82 Å². The molecule has 0 saturated carbocycles. The average molecular weight is 428 g/mol. The molecule has 3 aliphatic rings. The Labute approximate surface area is 190 Å². The van der Waals surface area contributed by atoms with Gasteiger partial charge in [-0.25, -0.2) is 9.97 Å². The van der Waals surface area contributed by atoms with Crippen LogP contribution in [0.1, 0.15) is 31.7 Å². The summed E-state index contributed by atoms with van der Waals surface area (Å²) in [6.45, 7) is 9.06. The van der Waals surface area contributed by atoms with E-state index in [2.05, 4.69) is 58.4 Å². The van der Waals surface area contributed by atoms with E-state index in [4.69, 9.17) is 9.97 Å². The summed E-state index contributed by atoms with van der Waals surface area (Å²) >= 11 is 0. The number of anilines is 2. The maximum absolute atomic E-state index is 5.11. The minimum Gasteiger partial charge on any atom is -0.370 e. The van der Waals surface area contributed by atoms with E-state index in [1.807, 2.05) is 6.20 Å². The molecule has 2 unspecified atom stereocenters. The maximum Gasteiger partial charge on any atom is 0.128 e. The molecule has 3 aromatic rings. The Morgan fingerprint density at radius 3 is 2.66 bits per heavy atom. The molecule has 6 rings (SSSR count). The van der Waals surface area contributed by atoms with Crippen molar-refractivity contribution in [3.63, 3.8) is 0 Å². The van der Waals surface area contributed by atoms with Crippen molar-refractivity contribution in [3.8, 4) is 11.3 Å². The number of aromatic nitrogens is 2. The minimum absolute atomic E-state index is 0.756. The number of benzene rings is 1. The molecule has 32 heavy (non-hydrogen) atoms. The summed E-state index contributed by atoms with van der Waals surface area (Å²) in [4.78, 5) is 14.9. The van der Waals surface area contributed by atoms with Gasteiger partial charge in [0.15, 0.2) is 0 Å². The molecule has 0 aliphatic carbocycles. The van der Waals surface area contributed by atoms with Gasteiger partial charge in [0.2, 0.25) is 0 Å². The molecule has 2 aromatic heterocycles. The second-order valence-corrected chi connectivity index (χ2v) is 9.75. The summed E-state index contributed by atoms with van der Waals surface area (Å²) in [6.07, 6.45) is 6.88. The average Bonchev–Trinajstić information content (AvgIpc) is 3.53. The number of pyridine rings is 2. The Kier molecular flexibility index (Phi) is 5.22. The number of piperidine rings is 1.